The van der Waals surface area contributed by atoms with Gasteiger partial charge in [0.2, 0.25) is 0 Å². The average molecular weight is 363 g/mol. The van der Waals surface area contributed by atoms with E-state index in [1.165, 1.54) is 12.8 Å². The summed E-state index contributed by atoms with van der Waals surface area (Å²) in [6, 6.07) is 9.38. The highest BCUT2D eigenvalue weighted by molar-refractivity contribution is 5.80. The van der Waals surface area contributed by atoms with Crippen molar-refractivity contribution < 1.29 is 4.74 Å². The number of H-pyrrole nitrogens is 1. The molecule has 2 aromatic rings. The first-order valence-electron chi connectivity index (χ1n) is 8.93. The molecule has 1 aliphatic rings. The maximum absolute atomic E-state index is 12.2. The van der Waals surface area contributed by atoms with E-state index in [0.29, 0.717) is 18.7 Å². The summed E-state index contributed by atoms with van der Waals surface area (Å²) in [5.41, 5.74) is 7.05. The van der Waals surface area contributed by atoms with Crippen LogP contribution in [0.3, 0.4) is 0 Å². The Bertz CT molecular complexity index is 991. The quantitative estimate of drug-likeness (QED) is 0.842. The maximum Gasteiger partial charge on any atom is 0.268 e. The number of hydrogen-bond donors (Lipinski definition) is 2. The maximum atomic E-state index is 12.2. The second-order valence-corrected chi connectivity index (χ2v) is 6.46. The number of nitriles is 2. The molecule has 0 atom stereocenters. The van der Waals surface area contributed by atoms with Gasteiger partial charge in [-0.15, -0.1) is 0 Å². The predicted octanol–water partition coefficient (Wildman–Crippen LogP) is 2.36. The zero-order chi connectivity index (χ0) is 19.4. The number of hydrogen-bond acceptors (Lipinski definition) is 6. The summed E-state index contributed by atoms with van der Waals surface area (Å²) in [6.45, 7) is 5.23. The fourth-order valence-electron chi connectivity index (χ4n) is 3.47. The van der Waals surface area contributed by atoms with Gasteiger partial charge in [0.25, 0.3) is 5.56 Å². The number of nitrogens with zero attached hydrogens (tertiary/aromatic N) is 3. The van der Waals surface area contributed by atoms with E-state index < -0.39 is 5.56 Å². The van der Waals surface area contributed by atoms with Crippen molar-refractivity contribution in [1.29, 1.82) is 10.5 Å². The topological polar surface area (TPSA) is 119 Å². The van der Waals surface area contributed by atoms with Crippen molar-refractivity contribution >= 4 is 5.82 Å². The number of pyridine rings is 1. The number of aromatic nitrogens is 1. The Morgan fingerprint density at radius 2 is 1.93 bits per heavy atom. The van der Waals surface area contributed by atoms with Crippen molar-refractivity contribution in [1.82, 2.24) is 9.88 Å². The van der Waals surface area contributed by atoms with Gasteiger partial charge in [-0.25, -0.2) is 0 Å². The molecule has 0 aliphatic carbocycles. The molecule has 3 rings (SSSR count). The Morgan fingerprint density at radius 3 is 2.56 bits per heavy atom. The van der Waals surface area contributed by atoms with Gasteiger partial charge < -0.3 is 15.5 Å². The lowest BCUT2D eigenvalue weighted by molar-refractivity contribution is 0.305. The molecule has 1 saturated heterocycles. The van der Waals surface area contributed by atoms with Crippen LogP contribution in [0.25, 0.3) is 11.1 Å². The third-order valence-electron chi connectivity index (χ3n) is 4.71. The normalized spacial score (nSPS) is 13.9. The van der Waals surface area contributed by atoms with E-state index in [4.69, 9.17) is 10.5 Å². The number of rotatable bonds is 5. The molecule has 1 aromatic carbocycles. The summed E-state index contributed by atoms with van der Waals surface area (Å²) in [7, 11) is 0. The van der Waals surface area contributed by atoms with Gasteiger partial charge in [0.05, 0.1) is 6.61 Å². The van der Waals surface area contributed by atoms with Crippen molar-refractivity contribution in [2.24, 2.45) is 0 Å². The van der Waals surface area contributed by atoms with Gasteiger partial charge in [-0.1, -0.05) is 6.07 Å². The zero-order valence-corrected chi connectivity index (χ0v) is 15.2. The van der Waals surface area contributed by atoms with Crippen LogP contribution in [0.15, 0.2) is 23.0 Å². The number of nitrogens with two attached hydrogens (primary N) is 1. The average Bonchev–Trinajstić information content (AvgIpc) is 3.16. The number of aromatic amines is 1. The monoisotopic (exact) mass is 363 g/mol. The molecule has 0 bridgehead atoms. The molecule has 0 spiro atoms. The summed E-state index contributed by atoms with van der Waals surface area (Å²) in [4.78, 5) is 16.9. The molecule has 2 heterocycles. The third-order valence-corrected chi connectivity index (χ3v) is 4.71. The Kier molecular flexibility index (Phi) is 5.44. The van der Waals surface area contributed by atoms with Gasteiger partial charge in [-0.3, -0.25) is 9.69 Å². The first-order valence-corrected chi connectivity index (χ1v) is 8.93. The lowest BCUT2D eigenvalue weighted by Gasteiger charge is -2.19. The minimum atomic E-state index is -0.598. The summed E-state index contributed by atoms with van der Waals surface area (Å²) in [6.07, 6.45) is 2.34. The molecule has 1 fully saturated rings. The van der Waals surface area contributed by atoms with E-state index in [0.717, 1.165) is 24.4 Å². The van der Waals surface area contributed by atoms with Crippen LogP contribution in [0.4, 0.5) is 5.82 Å². The van der Waals surface area contributed by atoms with Crippen LogP contribution in [0.2, 0.25) is 0 Å². The molecule has 27 heavy (non-hydrogen) atoms. The summed E-state index contributed by atoms with van der Waals surface area (Å²) >= 11 is 0. The van der Waals surface area contributed by atoms with Crippen LogP contribution in [-0.4, -0.2) is 29.6 Å². The van der Waals surface area contributed by atoms with Gasteiger partial charge in [0.1, 0.15) is 34.8 Å². The van der Waals surface area contributed by atoms with Gasteiger partial charge in [-0.2, -0.15) is 10.5 Å². The van der Waals surface area contributed by atoms with E-state index in [1.807, 2.05) is 31.2 Å². The van der Waals surface area contributed by atoms with Gasteiger partial charge in [-0.05, 0) is 50.6 Å². The minimum Gasteiger partial charge on any atom is -0.494 e. The molecule has 0 saturated carbocycles. The molecule has 7 nitrogen and oxygen atoms in total. The Morgan fingerprint density at radius 1 is 1.22 bits per heavy atom. The standard InChI is InChI=1S/C20H21N5O2/c1-2-27-17-6-5-13(9-14(17)12-25-7-3-4-8-25)18-15(10-21)19(23)24-20(26)16(18)11-22/h5-6,9H,2-4,7-8,12H2,1H3,(H3,23,24,26). The molecule has 7 heteroatoms. The van der Waals surface area contributed by atoms with E-state index in [2.05, 4.69) is 9.88 Å². The van der Waals surface area contributed by atoms with Crippen LogP contribution in [0.5, 0.6) is 5.75 Å². The van der Waals surface area contributed by atoms with Crippen molar-refractivity contribution in [2.45, 2.75) is 26.3 Å². The number of nitrogens with one attached hydrogen (secondary N) is 1. The minimum absolute atomic E-state index is 0.0357. The fraction of sp³-hybridized carbons (Fsp3) is 0.350. The fourth-order valence-corrected chi connectivity index (χ4v) is 3.47. The van der Waals surface area contributed by atoms with E-state index in [-0.39, 0.29) is 22.5 Å². The third kappa shape index (κ3) is 3.64. The number of nitrogen functional groups attached to an aromatic ring is 1. The number of ether oxygens (including phenoxy) is 1. The molecular formula is C20H21N5O2. The lowest BCUT2D eigenvalue weighted by Crippen LogP contribution is -2.19. The summed E-state index contributed by atoms with van der Waals surface area (Å²) in [5, 5.41) is 19.0. The first-order chi connectivity index (χ1) is 13.1. The zero-order valence-electron chi connectivity index (χ0n) is 15.2. The second-order valence-electron chi connectivity index (χ2n) is 6.46. The van der Waals surface area contributed by atoms with Gasteiger partial charge in [0.15, 0.2) is 0 Å². The largest absolute Gasteiger partial charge is 0.494 e. The summed E-state index contributed by atoms with van der Waals surface area (Å²) < 4.78 is 5.75. The lowest BCUT2D eigenvalue weighted by atomic mass is 9.95. The SMILES string of the molecule is CCOc1ccc(-c2c(C#N)c(N)[nH]c(=O)c2C#N)cc1CN1CCCC1. The molecule has 1 aliphatic heterocycles. The van der Waals surface area contributed by atoms with Crippen LogP contribution in [0.1, 0.15) is 36.5 Å². The Hall–Kier alpha value is -3.29. The smallest absolute Gasteiger partial charge is 0.268 e. The number of anilines is 1. The van der Waals surface area contributed by atoms with E-state index in [1.54, 1.807) is 6.07 Å². The highest BCUT2D eigenvalue weighted by atomic mass is 16.5. The highest BCUT2D eigenvalue weighted by Gasteiger charge is 2.20. The second kappa shape index (κ2) is 7.94. The van der Waals surface area contributed by atoms with Crippen molar-refractivity contribution in [3.63, 3.8) is 0 Å². The van der Waals surface area contributed by atoms with E-state index in [9.17, 15) is 15.3 Å². The molecule has 0 radical (unpaired) electrons. The Labute approximate surface area is 157 Å². The molecular weight excluding hydrogens is 342 g/mol. The molecule has 0 unspecified atom stereocenters. The molecule has 3 N–H and O–H groups in total. The summed E-state index contributed by atoms with van der Waals surface area (Å²) in [5.74, 6) is 0.731. The van der Waals surface area contributed by atoms with Crippen molar-refractivity contribution in [2.75, 3.05) is 25.4 Å². The number of benzene rings is 1. The Balaban J connectivity index is 2.17. The highest BCUT2D eigenvalue weighted by Crippen LogP contribution is 2.32. The molecule has 1 aromatic heterocycles. The van der Waals surface area contributed by atoms with Gasteiger partial charge in [0, 0.05) is 17.7 Å². The van der Waals surface area contributed by atoms with Crippen LogP contribution in [0, 0.1) is 22.7 Å². The van der Waals surface area contributed by atoms with Crippen molar-refractivity contribution in [3.8, 4) is 29.0 Å². The van der Waals surface area contributed by atoms with Crippen LogP contribution >= 0.6 is 0 Å². The number of likely N-dealkylation sites (tertiary alicyclic amines) is 1. The first kappa shape index (κ1) is 18.5. The van der Waals surface area contributed by atoms with Crippen LogP contribution in [-0.2, 0) is 6.54 Å². The van der Waals surface area contributed by atoms with Gasteiger partial charge >= 0.3 is 0 Å². The van der Waals surface area contributed by atoms with Crippen molar-refractivity contribution in [3.05, 3.63) is 45.2 Å². The predicted molar refractivity (Wildman–Crippen MR) is 102 cm³/mol. The molecule has 0 amide bonds. The van der Waals surface area contributed by atoms with E-state index >= 15 is 0 Å². The molecule has 138 valence electrons. The van der Waals surface area contributed by atoms with Crippen LogP contribution < -0.4 is 16.0 Å².